The van der Waals surface area contributed by atoms with E-state index in [1.165, 1.54) is 51.1 Å². The Balaban J connectivity index is 1.46. The molecule has 1 fully saturated rings. The Morgan fingerprint density at radius 1 is 1.47 bits per heavy atom. The quantitative estimate of drug-likeness (QED) is 0.394. The first kappa shape index (κ1) is 21.3. The maximum Gasteiger partial charge on any atom is 0.352 e. The number of β-lactam (4-membered cyclic amide) rings is 1. The smallest absolute Gasteiger partial charge is 0.352 e. The number of nitrogens with two attached hydrogens (primary N) is 1. The molecule has 2 aromatic heterocycles. The molecule has 0 aromatic carbocycles. The van der Waals surface area contributed by atoms with Crippen molar-refractivity contribution in [2.45, 2.75) is 28.7 Å². The van der Waals surface area contributed by atoms with Crippen LogP contribution >= 0.6 is 46.2 Å². The lowest BCUT2D eigenvalue weighted by Crippen LogP contribution is -2.71. The van der Waals surface area contributed by atoms with E-state index < -0.39 is 35.2 Å². The van der Waals surface area contributed by atoms with E-state index in [0.29, 0.717) is 22.0 Å². The number of nitrogens with one attached hydrogen (secondary N) is 1. The lowest BCUT2D eigenvalue weighted by Gasteiger charge is -2.49. The molecule has 2 aromatic rings. The maximum absolute atomic E-state index is 12.7. The number of carbonyl (C=O) groups is 3. The Bertz CT molecular complexity index is 1020. The summed E-state index contributed by atoms with van der Waals surface area (Å²) in [6.07, 6.45) is 0. The molecule has 1 saturated heterocycles. The summed E-state index contributed by atoms with van der Waals surface area (Å²) in [6.45, 7) is 1.85. The van der Waals surface area contributed by atoms with E-state index in [9.17, 15) is 19.5 Å². The Kier molecular flexibility index (Phi) is 6.16. The minimum Gasteiger partial charge on any atom is -0.477 e. The third-order valence-electron chi connectivity index (χ3n) is 4.56. The molecule has 158 valence electrons. The van der Waals surface area contributed by atoms with Gasteiger partial charge in [-0.25, -0.2) is 4.79 Å². The van der Waals surface area contributed by atoms with Crippen molar-refractivity contribution in [3.8, 4) is 0 Å². The van der Waals surface area contributed by atoms with E-state index in [-0.39, 0.29) is 5.70 Å². The second-order valence-electron chi connectivity index (χ2n) is 6.52. The van der Waals surface area contributed by atoms with Gasteiger partial charge in [0.2, 0.25) is 5.91 Å². The number of fused-ring (bicyclic) bond motifs is 1. The number of carbonyl (C=O) groups excluding carboxylic acids is 2. The van der Waals surface area contributed by atoms with Crippen molar-refractivity contribution in [2.75, 3.05) is 11.5 Å². The van der Waals surface area contributed by atoms with Crippen LogP contribution in [0.1, 0.15) is 15.9 Å². The standard InChI is InChI=1S/C17H17N5O4S4/c1-7-20-21-17(30-7)29-6-8-5-28-15-11(14(24)22(15)12(8)16(25)26)19-13(23)10(18)9-3-2-4-27-9/h2-4,10-11,15H,5-6,18H2,1H3,(H,19,23)(H,25,26). The molecular weight excluding hydrogens is 466 g/mol. The van der Waals surface area contributed by atoms with Crippen LogP contribution in [-0.4, -0.2) is 60.9 Å². The lowest BCUT2D eigenvalue weighted by molar-refractivity contribution is -0.150. The molecule has 4 N–H and O–H groups in total. The van der Waals surface area contributed by atoms with Gasteiger partial charge >= 0.3 is 5.97 Å². The van der Waals surface area contributed by atoms with E-state index in [1.807, 2.05) is 12.3 Å². The predicted molar refractivity (Wildman–Crippen MR) is 116 cm³/mol. The van der Waals surface area contributed by atoms with Crippen LogP contribution in [-0.2, 0) is 14.4 Å². The van der Waals surface area contributed by atoms with Crippen molar-refractivity contribution >= 4 is 64.0 Å². The van der Waals surface area contributed by atoms with Crippen LogP contribution in [0.2, 0.25) is 0 Å². The van der Waals surface area contributed by atoms with Gasteiger partial charge in [-0.2, -0.15) is 0 Å². The van der Waals surface area contributed by atoms with E-state index in [4.69, 9.17) is 5.73 Å². The van der Waals surface area contributed by atoms with Crippen molar-refractivity contribution in [1.82, 2.24) is 20.4 Å². The number of rotatable bonds is 7. The fourth-order valence-electron chi connectivity index (χ4n) is 3.12. The van der Waals surface area contributed by atoms with Crippen LogP contribution in [0.5, 0.6) is 0 Å². The van der Waals surface area contributed by atoms with Crippen LogP contribution in [0.15, 0.2) is 33.1 Å². The normalized spacial score (nSPS) is 21.8. The molecule has 3 atom stereocenters. The highest BCUT2D eigenvalue weighted by Crippen LogP contribution is 2.42. The highest BCUT2D eigenvalue weighted by atomic mass is 32.2. The number of hydrogen-bond acceptors (Lipinski definition) is 10. The number of amides is 2. The summed E-state index contributed by atoms with van der Waals surface area (Å²) >= 11 is 5.63. The summed E-state index contributed by atoms with van der Waals surface area (Å²) in [7, 11) is 0. The van der Waals surface area contributed by atoms with Crippen molar-refractivity contribution < 1.29 is 19.5 Å². The topological polar surface area (TPSA) is 139 Å². The van der Waals surface area contributed by atoms with Gasteiger partial charge in [0.05, 0.1) is 0 Å². The fraction of sp³-hybridized carbons (Fsp3) is 0.353. The van der Waals surface area contributed by atoms with Gasteiger partial charge in [-0.1, -0.05) is 29.2 Å². The molecule has 3 unspecified atom stereocenters. The average molecular weight is 484 g/mol. The van der Waals surface area contributed by atoms with Gasteiger partial charge in [0, 0.05) is 16.4 Å². The molecule has 0 bridgehead atoms. The molecule has 4 heterocycles. The average Bonchev–Trinajstić information content (AvgIpc) is 3.40. The van der Waals surface area contributed by atoms with Crippen molar-refractivity contribution in [3.05, 3.63) is 38.7 Å². The molecule has 0 saturated carbocycles. The molecule has 2 amide bonds. The van der Waals surface area contributed by atoms with E-state index in [1.54, 1.807) is 12.1 Å². The van der Waals surface area contributed by atoms with Crippen molar-refractivity contribution in [3.63, 3.8) is 0 Å². The van der Waals surface area contributed by atoms with Gasteiger partial charge in [0.1, 0.15) is 28.2 Å². The van der Waals surface area contributed by atoms with E-state index in [0.717, 1.165) is 9.35 Å². The first-order chi connectivity index (χ1) is 14.4. The molecule has 2 aliphatic rings. The number of hydrogen-bond donors (Lipinski definition) is 3. The first-order valence-electron chi connectivity index (χ1n) is 8.79. The summed E-state index contributed by atoms with van der Waals surface area (Å²) in [5.41, 5.74) is 6.61. The van der Waals surface area contributed by atoms with Gasteiger partial charge in [-0.3, -0.25) is 14.5 Å². The highest BCUT2D eigenvalue weighted by Gasteiger charge is 2.54. The van der Waals surface area contributed by atoms with Crippen LogP contribution in [0.25, 0.3) is 0 Å². The molecule has 9 nitrogen and oxygen atoms in total. The van der Waals surface area contributed by atoms with Crippen LogP contribution < -0.4 is 11.1 Å². The summed E-state index contributed by atoms with van der Waals surface area (Å²) < 4.78 is 0.750. The fourth-order valence-corrected chi connectivity index (χ4v) is 7.15. The third-order valence-corrected chi connectivity index (χ3v) is 8.91. The Morgan fingerprint density at radius 3 is 2.90 bits per heavy atom. The highest BCUT2D eigenvalue weighted by molar-refractivity contribution is 8.01. The van der Waals surface area contributed by atoms with Crippen LogP contribution in [0, 0.1) is 6.92 Å². The number of aliphatic carboxylic acids is 1. The number of aryl methyl sites for hydroxylation is 1. The molecule has 0 radical (unpaired) electrons. The molecule has 13 heteroatoms. The molecular formula is C17H17N5O4S4. The molecule has 2 aliphatic heterocycles. The lowest BCUT2D eigenvalue weighted by atomic mass is 10.0. The molecule has 4 rings (SSSR count). The monoisotopic (exact) mass is 483 g/mol. The van der Waals surface area contributed by atoms with E-state index in [2.05, 4.69) is 15.5 Å². The van der Waals surface area contributed by atoms with Gasteiger partial charge < -0.3 is 16.2 Å². The number of thiophene rings is 1. The second-order valence-corrected chi connectivity index (χ2v) is 11.0. The Labute approximate surface area is 188 Å². The number of thioether (sulfide) groups is 2. The zero-order chi connectivity index (χ0) is 21.4. The predicted octanol–water partition coefficient (Wildman–Crippen LogP) is 1.44. The molecule has 0 spiro atoms. The Morgan fingerprint density at radius 2 is 2.27 bits per heavy atom. The Hall–Kier alpha value is -1.93. The third kappa shape index (κ3) is 3.99. The number of carboxylic acids is 1. The summed E-state index contributed by atoms with van der Waals surface area (Å²) in [5.74, 6) is -1.20. The zero-order valence-electron chi connectivity index (χ0n) is 15.6. The van der Waals surface area contributed by atoms with Gasteiger partial charge in [0.25, 0.3) is 5.91 Å². The van der Waals surface area contributed by atoms with Crippen molar-refractivity contribution in [1.29, 1.82) is 0 Å². The summed E-state index contributed by atoms with van der Waals surface area (Å²) in [4.78, 5) is 39.0. The zero-order valence-corrected chi connectivity index (χ0v) is 18.9. The minimum atomic E-state index is -1.15. The van der Waals surface area contributed by atoms with E-state index >= 15 is 0 Å². The second kappa shape index (κ2) is 8.67. The SMILES string of the molecule is Cc1nnc(SCC2=C(C(=O)O)N3C(=O)C(NC(=O)C(N)c4cccs4)C3SC2)s1. The number of carboxylic acid groups (broad SMARTS) is 1. The van der Waals surface area contributed by atoms with Crippen LogP contribution in [0.4, 0.5) is 0 Å². The number of nitrogens with zero attached hydrogens (tertiary/aromatic N) is 3. The largest absolute Gasteiger partial charge is 0.477 e. The number of aromatic nitrogens is 2. The first-order valence-corrected chi connectivity index (χ1v) is 12.5. The summed E-state index contributed by atoms with van der Waals surface area (Å²) in [6, 6.07) is 1.90. The summed E-state index contributed by atoms with van der Waals surface area (Å²) in [5, 5.41) is 22.6. The van der Waals surface area contributed by atoms with Crippen molar-refractivity contribution in [2.24, 2.45) is 5.73 Å². The molecule has 0 aliphatic carbocycles. The van der Waals surface area contributed by atoms with Crippen LogP contribution in [0.3, 0.4) is 0 Å². The molecule has 30 heavy (non-hydrogen) atoms. The van der Waals surface area contributed by atoms with Gasteiger partial charge in [0.15, 0.2) is 4.34 Å². The minimum absolute atomic E-state index is 0.00876. The van der Waals surface area contributed by atoms with Gasteiger partial charge in [-0.05, 0) is 23.9 Å². The maximum atomic E-state index is 12.7. The van der Waals surface area contributed by atoms with Gasteiger partial charge in [-0.15, -0.1) is 33.3 Å².